The molecule has 2 fully saturated rings. The van der Waals surface area contributed by atoms with Crippen molar-refractivity contribution in [2.45, 2.75) is 38.3 Å². The largest absolute Gasteiger partial charge is 0.381 e. The third-order valence-corrected chi connectivity index (χ3v) is 4.05. The molecule has 2 unspecified atom stereocenters. The third-order valence-electron chi connectivity index (χ3n) is 4.05. The molecule has 5 nitrogen and oxygen atoms in total. The summed E-state index contributed by atoms with van der Waals surface area (Å²) in [6.45, 7) is 6.01. The maximum atomic E-state index is 11.9. The first-order valence-electron chi connectivity index (χ1n) is 7.00. The highest BCUT2D eigenvalue weighted by molar-refractivity contribution is 5.78. The minimum atomic E-state index is 0.128. The molecule has 0 aromatic carbocycles. The van der Waals surface area contributed by atoms with Gasteiger partial charge in [-0.15, -0.1) is 0 Å². The highest BCUT2D eigenvalue weighted by atomic mass is 16.5. The Bertz CT molecular complexity index is 279. The second-order valence-corrected chi connectivity index (χ2v) is 5.62. The lowest BCUT2D eigenvalue weighted by atomic mass is 9.94. The van der Waals surface area contributed by atoms with E-state index in [9.17, 15) is 4.79 Å². The highest BCUT2D eigenvalue weighted by Crippen LogP contribution is 2.15. The van der Waals surface area contributed by atoms with Crippen molar-refractivity contribution in [2.24, 2.45) is 11.7 Å². The van der Waals surface area contributed by atoms with Crippen LogP contribution in [0.2, 0.25) is 0 Å². The Kier molecular flexibility index (Phi) is 4.97. The molecule has 5 heteroatoms. The second kappa shape index (κ2) is 6.50. The number of likely N-dealkylation sites (tertiary alicyclic amines) is 1. The number of ether oxygens (including phenoxy) is 1. The maximum Gasteiger partial charge on any atom is 0.234 e. The number of piperidine rings is 1. The molecule has 0 bridgehead atoms. The number of carbonyl (C=O) groups is 1. The number of nitrogens with zero attached hydrogens (tertiary/aromatic N) is 1. The van der Waals surface area contributed by atoms with E-state index >= 15 is 0 Å². The number of amides is 1. The fourth-order valence-electron chi connectivity index (χ4n) is 2.63. The normalized spacial score (nSPS) is 31.2. The predicted octanol–water partition coefficient (Wildman–Crippen LogP) is -0.0493. The molecule has 3 N–H and O–H groups in total. The first kappa shape index (κ1) is 13.8. The number of nitrogens with two attached hydrogens (primary N) is 1. The Hall–Kier alpha value is -0.650. The van der Waals surface area contributed by atoms with Gasteiger partial charge >= 0.3 is 0 Å². The molecule has 18 heavy (non-hydrogen) atoms. The van der Waals surface area contributed by atoms with Crippen molar-refractivity contribution in [1.29, 1.82) is 0 Å². The minimum Gasteiger partial charge on any atom is -0.381 e. The predicted molar refractivity (Wildman–Crippen MR) is 70.2 cm³/mol. The zero-order valence-corrected chi connectivity index (χ0v) is 11.2. The van der Waals surface area contributed by atoms with Crippen molar-refractivity contribution in [2.75, 3.05) is 32.8 Å². The van der Waals surface area contributed by atoms with E-state index in [4.69, 9.17) is 10.5 Å². The van der Waals surface area contributed by atoms with Gasteiger partial charge in [0, 0.05) is 31.8 Å². The Morgan fingerprint density at radius 1 is 1.39 bits per heavy atom. The van der Waals surface area contributed by atoms with Crippen molar-refractivity contribution < 1.29 is 9.53 Å². The average Bonchev–Trinajstić information content (AvgIpc) is 2.35. The van der Waals surface area contributed by atoms with Crippen LogP contribution in [0, 0.1) is 5.92 Å². The van der Waals surface area contributed by atoms with Crippen molar-refractivity contribution >= 4 is 5.91 Å². The zero-order chi connectivity index (χ0) is 13.0. The molecule has 0 aliphatic carbocycles. The van der Waals surface area contributed by atoms with Crippen LogP contribution in [-0.4, -0.2) is 55.7 Å². The smallest absolute Gasteiger partial charge is 0.234 e. The number of rotatable bonds is 3. The van der Waals surface area contributed by atoms with Gasteiger partial charge in [-0.2, -0.15) is 0 Å². The number of hydrogen-bond donors (Lipinski definition) is 2. The lowest BCUT2D eigenvalue weighted by molar-refractivity contribution is -0.123. The monoisotopic (exact) mass is 255 g/mol. The van der Waals surface area contributed by atoms with Crippen LogP contribution in [0.5, 0.6) is 0 Å². The van der Waals surface area contributed by atoms with Crippen molar-refractivity contribution in [3.05, 3.63) is 0 Å². The van der Waals surface area contributed by atoms with Crippen LogP contribution in [0.15, 0.2) is 0 Å². The molecule has 2 saturated heterocycles. The Morgan fingerprint density at radius 2 is 2.11 bits per heavy atom. The van der Waals surface area contributed by atoms with E-state index in [0.29, 0.717) is 18.5 Å². The lowest BCUT2D eigenvalue weighted by Crippen LogP contribution is -2.51. The van der Waals surface area contributed by atoms with E-state index in [-0.39, 0.29) is 11.9 Å². The standard InChI is InChI=1S/C13H25N3O2/c1-10-2-5-16(8-12(10)14)9-13(17)15-11-3-6-18-7-4-11/h10-12H,2-9,14H2,1H3,(H,15,17). The molecule has 0 aromatic rings. The van der Waals surface area contributed by atoms with Gasteiger partial charge in [0.15, 0.2) is 0 Å². The fourth-order valence-corrected chi connectivity index (χ4v) is 2.63. The van der Waals surface area contributed by atoms with E-state index in [1.165, 1.54) is 0 Å². The molecule has 2 atom stereocenters. The summed E-state index contributed by atoms with van der Waals surface area (Å²) in [4.78, 5) is 14.1. The number of hydrogen-bond acceptors (Lipinski definition) is 4. The molecular weight excluding hydrogens is 230 g/mol. The van der Waals surface area contributed by atoms with Crippen LogP contribution < -0.4 is 11.1 Å². The van der Waals surface area contributed by atoms with E-state index in [1.807, 2.05) is 0 Å². The van der Waals surface area contributed by atoms with Gasteiger partial charge in [0.1, 0.15) is 0 Å². The van der Waals surface area contributed by atoms with E-state index in [1.54, 1.807) is 0 Å². The molecule has 1 amide bonds. The summed E-state index contributed by atoms with van der Waals surface area (Å²) in [6.07, 6.45) is 2.95. The SMILES string of the molecule is CC1CCN(CC(=O)NC2CCOCC2)CC1N. The Labute approximate surface area is 109 Å². The van der Waals surface area contributed by atoms with E-state index in [0.717, 1.165) is 45.6 Å². The Morgan fingerprint density at radius 3 is 2.78 bits per heavy atom. The molecule has 0 aromatic heterocycles. The van der Waals surface area contributed by atoms with E-state index in [2.05, 4.69) is 17.1 Å². The van der Waals surface area contributed by atoms with Gasteiger partial charge in [0.25, 0.3) is 0 Å². The lowest BCUT2D eigenvalue weighted by Gasteiger charge is -2.35. The zero-order valence-electron chi connectivity index (χ0n) is 11.2. The molecule has 0 radical (unpaired) electrons. The van der Waals surface area contributed by atoms with Crippen molar-refractivity contribution in [3.8, 4) is 0 Å². The topological polar surface area (TPSA) is 67.6 Å². The maximum absolute atomic E-state index is 11.9. The van der Waals surface area contributed by atoms with Gasteiger partial charge in [0.2, 0.25) is 5.91 Å². The fraction of sp³-hybridized carbons (Fsp3) is 0.923. The highest BCUT2D eigenvalue weighted by Gasteiger charge is 2.25. The van der Waals surface area contributed by atoms with Gasteiger partial charge in [0.05, 0.1) is 6.54 Å². The molecule has 2 heterocycles. The molecule has 2 aliphatic heterocycles. The second-order valence-electron chi connectivity index (χ2n) is 5.62. The van der Waals surface area contributed by atoms with Crippen molar-refractivity contribution in [1.82, 2.24) is 10.2 Å². The van der Waals surface area contributed by atoms with Gasteiger partial charge in [-0.05, 0) is 31.7 Å². The summed E-state index contributed by atoms with van der Waals surface area (Å²) < 4.78 is 5.28. The summed E-state index contributed by atoms with van der Waals surface area (Å²) >= 11 is 0. The first-order chi connectivity index (χ1) is 8.65. The van der Waals surface area contributed by atoms with Crippen LogP contribution in [0.1, 0.15) is 26.2 Å². The molecule has 104 valence electrons. The molecule has 2 rings (SSSR count). The molecular formula is C13H25N3O2. The van der Waals surface area contributed by atoms with Gasteiger partial charge in [-0.25, -0.2) is 0 Å². The summed E-state index contributed by atoms with van der Waals surface area (Å²) in [5.74, 6) is 0.698. The quantitative estimate of drug-likeness (QED) is 0.742. The van der Waals surface area contributed by atoms with Crippen LogP contribution >= 0.6 is 0 Å². The molecule has 2 aliphatic rings. The minimum absolute atomic E-state index is 0.128. The average molecular weight is 255 g/mol. The third kappa shape index (κ3) is 3.93. The molecule has 0 spiro atoms. The van der Waals surface area contributed by atoms with Crippen LogP contribution in [0.3, 0.4) is 0 Å². The van der Waals surface area contributed by atoms with Gasteiger partial charge < -0.3 is 15.8 Å². The first-order valence-corrected chi connectivity index (χ1v) is 7.00. The summed E-state index contributed by atoms with van der Waals surface area (Å²) in [5.41, 5.74) is 6.04. The summed E-state index contributed by atoms with van der Waals surface area (Å²) in [7, 11) is 0. The summed E-state index contributed by atoms with van der Waals surface area (Å²) in [6, 6.07) is 0.498. The number of nitrogens with one attached hydrogen (secondary N) is 1. The number of carbonyl (C=O) groups excluding carboxylic acids is 1. The molecule has 0 saturated carbocycles. The summed E-state index contributed by atoms with van der Waals surface area (Å²) in [5, 5.41) is 3.09. The van der Waals surface area contributed by atoms with Crippen LogP contribution in [-0.2, 0) is 9.53 Å². The van der Waals surface area contributed by atoms with Crippen molar-refractivity contribution in [3.63, 3.8) is 0 Å². The van der Waals surface area contributed by atoms with Gasteiger partial charge in [-0.3, -0.25) is 9.69 Å². The van der Waals surface area contributed by atoms with Crippen LogP contribution in [0.25, 0.3) is 0 Å². The van der Waals surface area contributed by atoms with Gasteiger partial charge in [-0.1, -0.05) is 6.92 Å². The Balaban J connectivity index is 1.70. The van der Waals surface area contributed by atoms with Crippen LogP contribution in [0.4, 0.5) is 0 Å². The van der Waals surface area contributed by atoms with E-state index < -0.39 is 0 Å².